The molecule has 18 nitrogen and oxygen atoms in total. The molecule has 22 heteroatoms. The minimum Gasteiger partial charge on any atom is -0.380 e. The number of halogens is 4. The SMILES string of the molecule is CN(CCOCCOCCOCCNC(=O)C(O)C(O)C(=O)NCCOCCOCCOCCN1Cc2ccc(C3CN(C)Cc4c(Cl)cc(Cl)cc43)cc2C1=O)Cc1ccc(C2CN(C)Cc3c(Cl)cc(Cl)cc32)cc1C=O. The van der Waals surface area contributed by atoms with Gasteiger partial charge in [-0.3, -0.25) is 24.1 Å². The van der Waals surface area contributed by atoms with Crippen LogP contribution in [-0.2, 0) is 64.2 Å². The molecule has 3 amide bonds. The van der Waals surface area contributed by atoms with Gasteiger partial charge in [-0.05, 0) is 102 Å². The van der Waals surface area contributed by atoms with Crippen molar-refractivity contribution in [1.29, 1.82) is 0 Å². The molecule has 0 fully saturated rings. The normalized spacial score (nSPS) is 17.1. The maximum Gasteiger partial charge on any atom is 0.254 e. The Balaban J connectivity index is 0.643. The summed E-state index contributed by atoms with van der Waals surface area (Å²) in [6.45, 7) is 8.82. The lowest BCUT2D eigenvalue weighted by Crippen LogP contribution is -2.50. The zero-order valence-corrected chi connectivity index (χ0v) is 48.0. The number of hydrogen-bond acceptors (Lipinski definition) is 15. The third-order valence-corrected chi connectivity index (χ3v) is 15.2. The number of likely N-dealkylation sites (N-methyl/N-ethyl adjacent to an activating group) is 3. The lowest BCUT2D eigenvalue weighted by Gasteiger charge is -2.33. The summed E-state index contributed by atoms with van der Waals surface area (Å²) in [6.07, 6.45) is -3.06. The summed E-state index contributed by atoms with van der Waals surface area (Å²) in [7, 11) is 6.09. The van der Waals surface area contributed by atoms with Crippen LogP contribution in [0.3, 0.4) is 0 Å². The Labute approximate surface area is 482 Å². The fourth-order valence-corrected chi connectivity index (χ4v) is 11.1. The minimum absolute atomic E-state index is 0.0236. The van der Waals surface area contributed by atoms with Crippen LogP contribution in [0.2, 0.25) is 20.1 Å². The molecule has 0 saturated heterocycles. The predicted molar refractivity (Wildman–Crippen MR) is 302 cm³/mol. The van der Waals surface area contributed by atoms with E-state index < -0.39 is 24.0 Å². The largest absolute Gasteiger partial charge is 0.380 e. The summed E-state index contributed by atoms with van der Waals surface area (Å²) in [5.74, 6) is -1.79. The van der Waals surface area contributed by atoms with Crippen LogP contribution < -0.4 is 10.6 Å². The monoisotopic (exact) mass is 1170 g/mol. The van der Waals surface area contributed by atoms with Gasteiger partial charge in [-0.15, -0.1) is 0 Å². The number of amides is 3. The van der Waals surface area contributed by atoms with E-state index in [0.717, 1.165) is 77.0 Å². The number of nitrogens with one attached hydrogen (secondary N) is 2. The second-order valence-electron chi connectivity index (χ2n) is 20.0. The standard InChI is InChI=1S/C57H72Cl4N6O12/c1-64(30-39-6-4-37(24-41(39)36-68)47-32-65(2)34-49-45(47)26-42(58)28-51(49)60)10-14-76-18-22-78-20-16-74-12-8-62-55(71)53(69)54(70)56(72)63-9-13-75-17-21-79-23-19-77-15-11-67-31-40-7-5-38(25-44(40)57(67)73)48-33-66(3)35-50-46(48)27-43(59)29-52(50)61/h4-7,24-29,36,47-48,53-54,69-70H,8-23,30-35H2,1-3H3,(H,62,71)(H,63,72). The van der Waals surface area contributed by atoms with Gasteiger partial charge in [-0.25, -0.2) is 0 Å². The van der Waals surface area contributed by atoms with E-state index in [2.05, 4.69) is 51.6 Å². The Bertz CT molecular complexity index is 2710. The van der Waals surface area contributed by atoms with Crippen molar-refractivity contribution in [2.75, 3.05) is 140 Å². The molecule has 4 aromatic rings. The highest BCUT2D eigenvalue weighted by atomic mass is 35.5. The zero-order valence-electron chi connectivity index (χ0n) is 45.0. The highest BCUT2D eigenvalue weighted by Crippen LogP contribution is 2.41. The lowest BCUT2D eigenvalue weighted by molar-refractivity contribution is -0.146. The van der Waals surface area contributed by atoms with E-state index in [1.54, 1.807) is 17.0 Å². The average Bonchev–Trinajstić information content (AvgIpc) is 3.77. The van der Waals surface area contributed by atoms with Gasteiger partial charge in [-0.1, -0.05) is 70.7 Å². The third-order valence-electron chi connectivity index (χ3n) is 14.1. The molecule has 0 saturated carbocycles. The van der Waals surface area contributed by atoms with Gasteiger partial charge >= 0.3 is 0 Å². The van der Waals surface area contributed by atoms with Crippen LogP contribution in [-0.4, -0.2) is 206 Å². The molecule has 0 spiro atoms. The fraction of sp³-hybridized carbons (Fsp3) is 0.509. The first kappa shape index (κ1) is 62.3. The summed E-state index contributed by atoms with van der Waals surface area (Å²) >= 11 is 25.9. The maximum absolute atomic E-state index is 13.4. The molecular weight excluding hydrogens is 1100 g/mol. The summed E-state index contributed by atoms with van der Waals surface area (Å²) in [4.78, 5) is 58.5. The second kappa shape index (κ2) is 31.2. The predicted octanol–water partition coefficient (Wildman–Crippen LogP) is 5.41. The number of benzene rings is 4. The molecule has 3 heterocycles. The van der Waals surface area contributed by atoms with Crippen molar-refractivity contribution >= 4 is 70.4 Å². The van der Waals surface area contributed by atoms with Crippen molar-refractivity contribution in [2.24, 2.45) is 0 Å². The van der Waals surface area contributed by atoms with Crippen LogP contribution in [0.4, 0.5) is 0 Å². The van der Waals surface area contributed by atoms with E-state index >= 15 is 0 Å². The van der Waals surface area contributed by atoms with Crippen LogP contribution >= 0.6 is 46.4 Å². The van der Waals surface area contributed by atoms with Gasteiger partial charge in [0, 0.05) is 109 Å². The van der Waals surface area contributed by atoms with Crippen LogP contribution in [0, 0.1) is 0 Å². The molecular formula is C57H72Cl4N6O12. The van der Waals surface area contributed by atoms with Crippen molar-refractivity contribution in [1.82, 2.24) is 30.2 Å². The maximum atomic E-state index is 13.4. The molecule has 4 atom stereocenters. The van der Waals surface area contributed by atoms with E-state index in [1.807, 2.05) is 43.4 Å². The van der Waals surface area contributed by atoms with Gasteiger partial charge in [0.15, 0.2) is 12.2 Å². The van der Waals surface area contributed by atoms with Crippen molar-refractivity contribution < 1.29 is 57.8 Å². The van der Waals surface area contributed by atoms with E-state index in [-0.39, 0.29) is 63.9 Å². The number of nitrogens with zero attached hydrogens (tertiary/aromatic N) is 4. The highest BCUT2D eigenvalue weighted by Gasteiger charge is 2.33. The number of carbonyl (C=O) groups excluding carboxylic acids is 4. The number of ether oxygens (including phenoxy) is 6. The molecule has 0 aliphatic carbocycles. The van der Waals surface area contributed by atoms with E-state index in [9.17, 15) is 29.4 Å². The highest BCUT2D eigenvalue weighted by molar-refractivity contribution is 6.35. The Kier molecular flexibility index (Phi) is 24.6. The molecule has 3 aliphatic rings. The summed E-state index contributed by atoms with van der Waals surface area (Å²) in [5, 5.41) is 27.8. The number of carbonyl (C=O) groups is 4. The number of hydrogen-bond donors (Lipinski definition) is 4. The molecule has 430 valence electrons. The van der Waals surface area contributed by atoms with Gasteiger partial charge < -0.3 is 64.0 Å². The molecule has 0 bridgehead atoms. The van der Waals surface area contributed by atoms with E-state index in [1.165, 1.54) is 0 Å². The summed E-state index contributed by atoms with van der Waals surface area (Å²) < 4.78 is 33.5. The Hall–Kier alpha value is -4.32. The van der Waals surface area contributed by atoms with Crippen LogP contribution in [0.15, 0.2) is 60.7 Å². The van der Waals surface area contributed by atoms with E-state index in [4.69, 9.17) is 74.8 Å². The van der Waals surface area contributed by atoms with Crippen molar-refractivity contribution in [3.63, 3.8) is 0 Å². The summed E-state index contributed by atoms with van der Waals surface area (Å²) in [6, 6.07) is 19.7. The number of aliphatic hydroxyl groups excluding tert-OH is 2. The van der Waals surface area contributed by atoms with Crippen molar-refractivity contribution in [2.45, 2.75) is 50.2 Å². The van der Waals surface area contributed by atoms with Gasteiger partial charge in [0.05, 0.1) is 79.3 Å². The van der Waals surface area contributed by atoms with Gasteiger partial charge in [0.2, 0.25) is 0 Å². The molecule has 0 aromatic heterocycles. The molecule has 3 aliphatic heterocycles. The van der Waals surface area contributed by atoms with Gasteiger partial charge in [-0.2, -0.15) is 0 Å². The Morgan fingerprint density at radius 1 is 0.646 bits per heavy atom. The van der Waals surface area contributed by atoms with Crippen molar-refractivity contribution in [3.8, 4) is 0 Å². The molecule has 0 radical (unpaired) electrons. The molecule has 4 N–H and O–H groups in total. The first-order valence-electron chi connectivity index (χ1n) is 26.5. The zero-order chi connectivity index (χ0) is 56.4. The molecule has 4 unspecified atom stereocenters. The first-order valence-corrected chi connectivity index (χ1v) is 28.0. The topological polar surface area (TPSA) is 201 Å². The Morgan fingerprint density at radius 3 is 1.63 bits per heavy atom. The molecule has 4 aromatic carbocycles. The molecule has 7 rings (SSSR count). The number of aldehydes is 1. The van der Waals surface area contributed by atoms with Gasteiger partial charge in [0.1, 0.15) is 6.29 Å². The third kappa shape index (κ3) is 17.8. The van der Waals surface area contributed by atoms with Gasteiger partial charge in [0.25, 0.3) is 17.7 Å². The second-order valence-corrected chi connectivity index (χ2v) is 21.7. The smallest absolute Gasteiger partial charge is 0.254 e. The minimum atomic E-state index is -1.98. The van der Waals surface area contributed by atoms with Crippen molar-refractivity contribution in [3.05, 3.63) is 136 Å². The fourth-order valence-electron chi connectivity index (χ4n) is 9.96. The molecule has 79 heavy (non-hydrogen) atoms. The number of rotatable bonds is 32. The quantitative estimate of drug-likeness (QED) is 0.0357. The average molecular weight is 1180 g/mol. The Morgan fingerprint density at radius 2 is 1.11 bits per heavy atom. The lowest BCUT2D eigenvalue weighted by atomic mass is 9.83. The van der Waals surface area contributed by atoms with Crippen LogP contribution in [0.25, 0.3) is 0 Å². The van der Waals surface area contributed by atoms with Crippen LogP contribution in [0.1, 0.15) is 77.1 Å². The number of fused-ring (bicyclic) bond motifs is 3. The summed E-state index contributed by atoms with van der Waals surface area (Å²) in [5.41, 5.74) is 9.66. The van der Waals surface area contributed by atoms with E-state index in [0.29, 0.717) is 104 Å². The van der Waals surface area contributed by atoms with Crippen LogP contribution in [0.5, 0.6) is 0 Å². The number of aliphatic hydroxyl groups is 2. The first-order chi connectivity index (χ1) is 38.1.